The van der Waals surface area contributed by atoms with Gasteiger partial charge in [-0.05, 0) is 13.8 Å². The van der Waals surface area contributed by atoms with E-state index in [1.807, 2.05) is 36.4 Å². The van der Waals surface area contributed by atoms with E-state index < -0.39 is 15.6 Å². The summed E-state index contributed by atoms with van der Waals surface area (Å²) in [7, 11) is -9.28. The zero-order chi connectivity index (χ0) is 19.2. The molecule has 12 N–H and O–H groups in total. The van der Waals surface area contributed by atoms with Gasteiger partial charge in [0.05, 0.1) is 0 Å². The summed E-state index contributed by atoms with van der Waals surface area (Å²) in [5, 5.41) is 0. The van der Waals surface area contributed by atoms with Crippen molar-refractivity contribution < 1.29 is 38.5 Å². The van der Waals surface area contributed by atoms with Crippen molar-refractivity contribution in [1.82, 2.24) is 12.3 Å². The molecule has 0 atom stereocenters. The first kappa shape index (κ1) is 36.7. The van der Waals surface area contributed by atoms with Crippen molar-refractivity contribution in [2.75, 3.05) is 0 Å². The number of benzene rings is 2. The third kappa shape index (κ3) is 58.8. The summed E-state index contributed by atoms with van der Waals surface area (Å²) in [6.45, 7) is 4.17. The Morgan fingerprint density at radius 2 is 0.704 bits per heavy atom. The van der Waals surface area contributed by atoms with E-state index in [0.717, 1.165) is 0 Å². The molecule has 2 aromatic rings. The summed E-state index contributed by atoms with van der Waals surface area (Å²) in [5.74, 6) is 0. The van der Waals surface area contributed by atoms with Gasteiger partial charge in [0, 0.05) is 0 Å². The zero-order valence-electron chi connectivity index (χ0n) is 15.0. The molecule has 2 rings (SSSR count). The summed E-state index contributed by atoms with van der Waals surface area (Å²) in [6, 6.07) is 20.5. The van der Waals surface area contributed by atoms with Crippen LogP contribution in [-0.2, 0) is 9.13 Å². The van der Waals surface area contributed by atoms with E-state index in [1.165, 1.54) is 11.1 Å². The number of hydrogen-bond donors (Lipinski definition) is 8. The first-order valence-electron chi connectivity index (χ1n) is 6.39. The van der Waals surface area contributed by atoms with Gasteiger partial charge >= 0.3 is 15.6 Å². The molecule has 0 radical (unpaired) electrons. The Bertz CT molecular complexity index is 564. The SMILES string of the molecule is Cc1ccccc1.Cc1ccccc1.Cl.N.N.O=P(O)(O)O.O=P(O)(O)O. The van der Waals surface area contributed by atoms with Crippen LogP contribution in [-0.4, -0.2) is 29.4 Å². The Kier molecular flexibility index (Phi) is 26.7. The molecule has 0 saturated heterocycles. The smallest absolute Gasteiger partial charge is 0.344 e. The predicted molar refractivity (Wildman–Crippen MR) is 108 cm³/mol. The molecule has 10 nitrogen and oxygen atoms in total. The molecule has 160 valence electrons. The average Bonchev–Trinajstić information content (AvgIpc) is 2.37. The van der Waals surface area contributed by atoms with E-state index in [2.05, 4.69) is 38.1 Å². The first-order chi connectivity index (χ1) is 10.8. The van der Waals surface area contributed by atoms with Crippen molar-refractivity contribution in [3.63, 3.8) is 0 Å². The predicted octanol–water partition coefficient (Wildman–Crippen LogP) is 2.88. The second-order valence-corrected chi connectivity index (χ2v) is 6.39. The van der Waals surface area contributed by atoms with Crippen LogP contribution in [0.3, 0.4) is 0 Å². The highest BCUT2D eigenvalue weighted by Crippen LogP contribution is 2.26. The van der Waals surface area contributed by atoms with E-state index in [1.54, 1.807) is 0 Å². The highest BCUT2D eigenvalue weighted by molar-refractivity contribution is 7.45. The summed E-state index contributed by atoms with van der Waals surface area (Å²) >= 11 is 0. The lowest BCUT2D eigenvalue weighted by Gasteiger charge is -1.82. The Hall–Kier alpha value is -1.13. The maximum atomic E-state index is 8.88. The monoisotopic (exact) mass is 450 g/mol. The van der Waals surface area contributed by atoms with E-state index in [4.69, 9.17) is 38.5 Å². The molecular formula is C14H29ClN2O8P2. The fourth-order valence-electron chi connectivity index (χ4n) is 1.07. The number of phosphoric acid groups is 2. The van der Waals surface area contributed by atoms with Crippen LogP contribution in [0.4, 0.5) is 0 Å². The molecule has 0 aliphatic heterocycles. The minimum absolute atomic E-state index is 0. The molecule has 0 aromatic heterocycles. The summed E-state index contributed by atoms with van der Waals surface area (Å²) in [5.41, 5.74) is 2.64. The molecule has 27 heavy (non-hydrogen) atoms. The Labute approximate surface area is 165 Å². The van der Waals surface area contributed by atoms with Gasteiger partial charge in [-0.25, -0.2) is 9.13 Å². The quantitative estimate of drug-likeness (QED) is 0.273. The molecule has 2 aromatic carbocycles. The maximum Gasteiger partial charge on any atom is 0.466 e. The lowest BCUT2D eigenvalue weighted by molar-refractivity contribution is 0.272. The van der Waals surface area contributed by atoms with Gasteiger partial charge in [-0.2, -0.15) is 0 Å². The van der Waals surface area contributed by atoms with Crippen LogP contribution in [0.2, 0.25) is 0 Å². The van der Waals surface area contributed by atoms with Crippen molar-refractivity contribution in [3.05, 3.63) is 71.8 Å². The first-order valence-corrected chi connectivity index (χ1v) is 9.52. The molecule has 0 aliphatic carbocycles. The fourth-order valence-corrected chi connectivity index (χ4v) is 1.07. The minimum Gasteiger partial charge on any atom is -0.344 e. The molecule has 13 heteroatoms. The Morgan fingerprint density at radius 1 is 0.556 bits per heavy atom. The Balaban J connectivity index is -0.0000000780. The highest BCUT2D eigenvalue weighted by atomic mass is 35.5. The van der Waals surface area contributed by atoms with Crippen molar-refractivity contribution in [3.8, 4) is 0 Å². The van der Waals surface area contributed by atoms with Crippen LogP contribution in [0.1, 0.15) is 11.1 Å². The summed E-state index contributed by atoms with van der Waals surface area (Å²) in [6.07, 6.45) is 0. The van der Waals surface area contributed by atoms with Crippen LogP contribution in [0, 0.1) is 13.8 Å². The summed E-state index contributed by atoms with van der Waals surface area (Å²) in [4.78, 5) is 43.1. The topological polar surface area (TPSA) is 226 Å². The van der Waals surface area contributed by atoms with Crippen molar-refractivity contribution in [1.29, 1.82) is 0 Å². The second kappa shape index (κ2) is 19.6. The van der Waals surface area contributed by atoms with Gasteiger partial charge in [-0.3, -0.25) is 0 Å². The van der Waals surface area contributed by atoms with Crippen molar-refractivity contribution in [2.45, 2.75) is 13.8 Å². The lowest BCUT2D eigenvalue weighted by Crippen LogP contribution is -1.66. The van der Waals surface area contributed by atoms with Gasteiger partial charge in [0.25, 0.3) is 0 Å². The molecule has 0 spiro atoms. The van der Waals surface area contributed by atoms with E-state index in [9.17, 15) is 0 Å². The zero-order valence-corrected chi connectivity index (χ0v) is 17.6. The van der Waals surface area contributed by atoms with Crippen molar-refractivity contribution in [2.24, 2.45) is 0 Å². The van der Waals surface area contributed by atoms with Gasteiger partial charge < -0.3 is 41.7 Å². The van der Waals surface area contributed by atoms with Gasteiger partial charge in [0.15, 0.2) is 0 Å². The third-order valence-electron chi connectivity index (χ3n) is 1.88. The van der Waals surface area contributed by atoms with E-state index >= 15 is 0 Å². The number of rotatable bonds is 0. The van der Waals surface area contributed by atoms with Crippen molar-refractivity contribution >= 4 is 28.1 Å². The van der Waals surface area contributed by atoms with Crippen LogP contribution >= 0.6 is 28.1 Å². The van der Waals surface area contributed by atoms with E-state index in [0.29, 0.717) is 0 Å². The molecule has 0 fully saturated rings. The van der Waals surface area contributed by atoms with Gasteiger partial charge in [-0.15, -0.1) is 12.4 Å². The largest absolute Gasteiger partial charge is 0.466 e. The molecule has 0 amide bonds. The highest BCUT2D eigenvalue weighted by Gasteiger charge is 2.00. The second-order valence-electron chi connectivity index (χ2n) is 4.34. The van der Waals surface area contributed by atoms with E-state index in [-0.39, 0.29) is 24.7 Å². The number of halogens is 1. The number of hydrogen-bond acceptors (Lipinski definition) is 4. The normalized spacial score (nSPS) is 8.89. The number of aryl methyl sites for hydroxylation is 2. The Morgan fingerprint density at radius 3 is 0.778 bits per heavy atom. The third-order valence-corrected chi connectivity index (χ3v) is 1.88. The van der Waals surface area contributed by atoms with Gasteiger partial charge in [0.2, 0.25) is 0 Å². The maximum absolute atomic E-state index is 8.88. The molecule has 0 aliphatic rings. The lowest BCUT2D eigenvalue weighted by atomic mass is 10.2. The molecule has 0 unspecified atom stereocenters. The average molecular weight is 451 g/mol. The molecule has 0 heterocycles. The molecule has 0 saturated carbocycles. The van der Waals surface area contributed by atoms with Crippen LogP contribution in [0.25, 0.3) is 0 Å². The van der Waals surface area contributed by atoms with Gasteiger partial charge in [-0.1, -0.05) is 71.8 Å². The molecule has 0 bridgehead atoms. The van der Waals surface area contributed by atoms with Gasteiger partial charge in [0.1, 0.15) is 0 Å². The molecular weight excluding hydrogens is 422 g/mol. The van der Waals surface area contributed by atoms with Crippen LogP contribution in [0.15, 0.2) is 60.7 Å². The van der Waals surface area contributed by atoms with Crippen LogP contribution < -0.4 is 12.3 Å². The standard InChI is InChI=1S/2C7H8.ClH.2H3N.2H3O4P/c2*1-7-5-3-2-4-6-7;;;;2*1-5(2,3)4/h2*2-6H,1H3;1H;2*1H3;2*(H3,1,2,3,4). The minimum atomic E-state index is -4.64. The fraction of sp³-hybridized carbons (Fsp3) is 0.143. The van der Waals surface area contributed by atoms with Crippen LogP contribution in [0.5, 0.6) is 0 Å². The summed E-state index contributed by atoms with van der Waals surface area (Å²) < 4.78 is 17.8.